The molecule has 2 aromatic rings. The van der Waals surface area contributed by atoms with E-state index in [-0.39, 0.29) is 6.04 Å². The smallest absolute Gasteiger partial charge is 0.191 e. The third-order valence-electron chi connectivity index (χ3n) is 4.82. The zero-order valence-electron chi connectivity index (χ0n) is 16.6. The van der Waals surface area contributed by atoms with Gasteiger partial charge in [-0.15, -0.1) is 0 Å². The van der Waals surface area contributed by atoms with Gasteiger partial charge in [0.25, 0.3) is 0 Å². The van der Waals surface area contributed by atoms with E-state index in [1.807, 2.05) is 18.5 Å². The minimum Gasteiger partial charge on any atom is -0.377 e. The molecule has 0 aromatic carbocycles. The van der Waals surface area contributed by atoms with E-state index in [0.29, 0.717) is 6.61 Å². The summed E-state index contributed by atoms with van der Waals surface area (Å²) in [7, 11) is 3.45. The Labute approximate surface area is 159 Å². The monoisotopic (exact) mass is 375 g/mol. The molecule has 9 nitrogen and oxygen atoms in total. The van der Waals surface area contributed by atoms with E-state index in [0.717, 1.165) is 67.8 Å². The Kier molecular flexibility index (Phi) is 6.44. The van der Waals surface area contributed by atoms with Gasteiger partial charge in [-0.05, 0) is 33.1 Å². The normalized spacial score (nSPS) is 17.0. The second-order valence-electron chi connectivity index (χ2n) is 6.84. The minimum atomic E-state index is 0.281. The number of nitrogens with one attached hydrogen (secondary N) is 2. The highest BCUT2D eigenvalue weighted by atomic mass is 16.5. The first-order valence-electron chi connectivity index (χ1n) is 9.41. The summed E-state index contributed by atoms with van der Waals surface area (Å²) in [5.74, 6) is 3.51. The molecule has 3 rings (SSSR count). The lowest BCUT2D eigenvalue weighted by Gasteiger charge is -2.25. The van der Waals surface area contributed by atoms with Crippen molar-refractivity contribution in [3.63, 3.8) is 0 Å². The van der Waals surface area contributed by atoms with Crippen LogP contribution in [0.4, 0.5) is 0 Å². The number of rotatable bonds is 7. The molecule has 0 bridgehead atoms. The Bertz CT molecular complexity index is 761. The van der Waals surface area contributed by atoms with Crippen LogP contribution < -0.4 is 10.6 Å². The van der Waals surface area contributed by atoms with Gasteiger partial charge in [-0.2, -0.15) is 5.10 Å². The zero-order valence-corrected chi connectivity index (χ0v) is 16.6. The van der Waals surface area contributed by atoms with E-state index in [4.69, 9.17) is 9.26 Å². The highest BCUT2D eigenvalue weighted by Gasteiger charge is 2.22. The molecule has 9 heteroatoms. The molecule has 0 fully saturated rings. The number of hydrogen-bond donors (Lipinski definition) is 2. The molecule has 1 aliphatic rings. The van der Waals surface area contributed by atoms with Crippen molar-refractivity contribution in [2.75, 3.05) is 20.7 Å². The van der Waals surface area contributed by atoms with Gasteiger partial charge in [-0.25, -0.2) is 9.67 Å². The van der Waals surface area contributed by atoms with Crippen LogP contribution in [0, 0.1) is 13.8 Å². The minimum absolute atomic E-state index is 0.281. The predicted molar refractivity (Wildman–Crippen MR) is 102 cm³/mol. The number of nitrogens with zero attached hydrogens (tertiary/aromatic N) is 5. The molecule has 1 aliphatic heterocycles. The van der Waals surface area contributed by atoms with Gasteiger partial charge in [0.2, 0.25) is 0 Å². The molecule has 0 spiro atoms. The second-order valence-corrected chi connectivity index (χ2v) is 6.84. The Hall–Kier alpha value is -2.42. The molecule has 2 aromatic heterocycles. The molecule has 2 N–H and O–H groups in total. The molecule has 3 heterocycles. The van der Waals surface area contributed by atoms with Gasteiger partial charge in [0.05, 0.1) is 12.2 Å². The van der Waals surface area contributed by atoms with Gasteiger partial charge in [-0.1, -0.05) is 5.16 Å². The largest absolute Gasteiger partial charge is 0.377 e. The Balaban J connectivity index is 1.45. The molecular formula is C18H29N7O2. The lowest BCUT2D eigenvalue weighted by Crippen LogP contribution is -2.47. The molecular weight excluding hydrogens is 346 g/mol. The van der Waals surface area contributed by atoms with Crippen molar-refractivity contribution in [2.24, 2.45) is 4.99 Å². The Morgan fingerprint density at radius 3 is 2.96 bits per heavy atom. The van der Waals surface area contributed by atoms with Crippen LogP contribution in [-0.4, -0.2) is 52.6 Å². The Morgan fingerprint density at radius 1 is 1.41 bits per heavy atom. The predicted octanol–water partition coefficient (Wildman–Crippen LogP) is 1.14. The average Bonchev–Trinajstić information content (AvgIpc) is 3.20. The summed E-state index contributed by atoms with van der Waals surface area (Å²) in [6.45, 7) is 6.02. The number of guanidine groups is 1. The van der Waals surface area contributed by atoms with E-state index >= 15 is 0 Å². The number of aryl methyl sites for hydroxylation is 3. The van der Waals surface area contributed by atoms with Crippen LogP contribution in [0.15, 0.2) is 9.52 Å². The fourth-order valence-corrected chi connectivity index (χ4v) is 3.39. The summed E-state index contributed by atoms with van der Waals surface area (Å²) in [5.41, 5.74) is 2.19. The van der Waals surface area contributed by atoms with Crippen LogP contribution in [0.25, 0.3) is 0 Å². The van der Waals surface area contributed by atoms with Gasteiger partial charge in [0, 0.05) is 38.7 Å². The van der Waals surface area contributed by atoms with Crippen molar-refractivity contribution in [3.05, 3.63) is 28.7 Å². The molecule has 148 valence electrons. The van der Waals surface area contributed by atoms with Crippen LogP contribution in [0.2, 0.25) is 0 Å². The first kappa shape index (κ1) is 19.3. The summed E-state index contributed by atoms with van der Waals surface area (Å²) in [6, 6.07) is 0.281. The maximum Gasteiger partial charge on any atom is 0.191 e. The van der Waals surface area contributed by atoms with E-state index in [1.165, 1.54) is 5.56 Å². The molecule has 1 unspecified atom stereocenters. The van der Waals surface area contributed by atoms with Gasteiger partial charge >= 0.3 is 0 Å². The quantitative estimate of drug-likeness (QED) is 0.425. The third-order valence-corrected chi connectivity index (χ3v) is 4.82. The Morgan fingerprint density at radius 2 is 2.26 bits per heavy atom. The number of aliphatic imine (C=N–C) groups is 1. The first-order valence-corrected chi connectivity index (χ1v) is 9.41. The summed E-state index contributed by atoms with van der Waals surface area (Å²) in [5, 5.41) is 15.4. The fourth-order valence-electron chi connectivity index (χ4n) is 3.39. The molecule has 0 aliphatic carbocycles. The van der Waals surface area contributed by atoms with E-state index in [9.17, 15) is 0 Å². The third kappa shape index (κ3) is 4.85. The molecule has 27 heavy (non-hydrogen) atoms. The van der Waals surface area contributed by atoms with Crippen molar-refractivity contribution < 1.29 is 9.26 Å². The molecule has 0 amide bonds. The number of hydrogen-bond acceptors (Lipinski definition) is 6. The van der Waals surface area contributed by atoms with Gasteiger partial charge < -0.3 is 19.9 Å². The molecule has 0 saturated heterocycles. The van der Waals surface area contributed by atoms with Crippen molar-refractivity contribution in [1.29, 1.82) is 0 Å². The van der Waals surface area contributed by atoms with Gasteiger partial charge in [0.1, 0.15) is 18.2 Å². The lowest BCUT2D eigenvalue weighted by atomic mass is 10.1. The van der Waals surface area contributed by atoms with Gasteiger partial charge in [-0.3, -0.25) is 4.99 Å². The van der Waals surface area contributed by atoms with Crippen molar-refractivity contribution >= 4 is 5.96 Å². The lowest BCUT2D eigenvalue weighted by molar-refractivity contribution is 0.177. The highest BCUT2D eigenvalue weighted by Crippen LogP contribution is 2.14. The standard InChI is InChI=1S/C18H29N7O2/c1-12-15(13(2)27-24-12)6-5-9-20-18(19-3)21-14-7-8-17-22-16(11-26-4)23-25(17)10-14/h14H,5-11H2,1-4H3,(H2,19,20,21). The fraction of sp³-hybridized carbons (Fsp3) is 0.667. The molecule has 0 radical (unpaired) electrons. The number of ether oxygens (including phenoxy) is 1. The maximum absolute atomic E-state index is 5.21. The van der Waals surface area contributed by atoms with Crippen LogP contribution in [-0.2, 0) is 30.7 Å². The molecule has 0 saturated carbocycles. The first-order chi connectivity index (χ1) is 13.1. The van der Waals surface area contributed by atoms with Gasteiger partial charge in [0.15, 0.2) is 11.8 Å². The van der Waals surface area contributed by atoms with Crippen LogP contribution in [0.3, 0.4) is 0 Å². The zero-order chi connectivity index (χ0) is 19.2. The summed E-state index contributed by atoms with van der Waals surface area (Å²) in [6.07, 6.45) is 3.84. The molecule has 1 atom stereocenters. The second kappa shape index (κ2) is 8.98. The summed E-state index contributed by atoms with van der Waals surface area (Å²) in [4.78, 5) is 8.85. The van der Waals surface area contributed by atoms with E-state index in [1.54, 1.807) is 14.2 Å². The van der Waals surface area contributed by atoms with Crippen molar-refractivity contribution in [3.8, 4) is 0 Å². The summed E-state index contributed by atoms with van der Waals surface area (Å²) < 4.78 is 12.3. The SMILES string of the molecule is CN=C(NCCCc1c(C)noc1C)NC1CCc2nc(COC)nn2C1. The maximum atomic E-state index is 5.21. The van der Waals surface area contributed by atoms with E-state index in [2.05, 4.69) is 30.9 Å². The van der Waals surface area contributed by atoms with Crippen molar-refractivity contribution in [2.45, 2.75) is 58.7 Å². The van der Waals surface area contributed by atoms with E-state index < -0.39 is 0 Å². The van der Waals surface area contributed by atoms with Crippen LogP contribution in [0.1, 0.15) is 41.5 Å². The topological polar surface area (TPSA) is 102 Å². The van der Waals surface area contributed by atoms with Crippen molar-refractivity contribution in [1.82, 2.24) is 30.6 Å². The highest BCUT2D eigenvalue weighted by molar-refractivity contribution is 5.79. The average molecular weight is 375 g/mol. The van der Waals surface area contributed by atoms with Crippen LogP contribution >= 0.6 is 0 Å². The number of fused-ring (bicyclic) bond motifs is 1. The summed E-state index contributed by atoms with van der Waals surface area (Å²) >= 11 is 0. The number of methoxy groups -OCH3 is 1. The van der Waals surface area contributed by atoms with Crippen LogP contribution in [0.5, 0.6) is 0 Å². The number of aromatic nitrogens is 4.